The van der Waals surface area contributed by atoms with E-state index in [1.807, 2.05) is 42.8 Å². The molecule has 29 heavy (non-hydrogen) atoms. The Morgan fingerprint density at radius 3 is 2.45 bits per heavy atom. The zero-order valence-electron chi connectivity index (χ0n) is 16.4. The van der Waals surface area contributed by atoms with E-state index in [2.05, 4.69) is 28.1 Å². The Balaban J connectivity index is 1.91. The second-order valence-corrected chi connectivity index (χ2v) is 7.83. The van der Waals surface area contributed by atoms with Crippen LogP contribution in [0.1, 0.15) is 17.0 Å². The van der Waals surface area contributed by atoms with E-state index in [1.54, 1.807) is 12.4 Å². The number of halogens is 3. The summed E-state index contributed by atoms with van der Waals surface area (Å²) in [4.78, 5) is 11.2. The molecule has 0 spiro atoms. The van der Waals surface area contributed by atoms with Gasteiger partial charge in [-0.3, -0.25) is 4.99 Å². The van der Waals surface area contributed by atoms with Gasteiger partial charge in [0.1, 0.15) is 5.82 Å². The Labute approximate surface area is 186 Å². The van der Waals surface area contributed by atoms with Crippen LogP contribution in [-0.4, -0.2) is 40.6 Å². The summed E-state index contributed by atoms with van der Waals surface area (Å²) in [5.41, 5.74) is 4.82. The van der Waals surface area contributed by atoms with Crippen molar-refractivity contribution >= 4 is 52.4 Å². The second-order valence-electron chi connectivity index (χ2n) is 6.67. The summed E-state index contributed by atoms with van der Waals surface area (Å²) >= 11 is 18.3. The number of alkyl halides is 2. The lowest BCUT2D eigenvalue weighted by Gasteiger charge is -2.23. The monoisotopic (exact) mass is 448 g/mol. The number of hydrogen-bond donors (Lipinski definition) is 0. The van der Waals surface area contributed by atoms with E-state index in [9.17, 15) is 0 Å². The maximum Gasteiger partial charge on any atom is 0.110 e. The van der Waals surface area contributed by atoms with Crippen molar-refractivity contribution in [2.75, 3.05) is 29.7 Å². The normalized spacial score (nSPS) is 11.3. The highest BCUT2D eigenvalue weighted by Gasteiger charge is 2.09. The van der Waals surface area contributed by atoms with E-state index < -0.39 is 0 Å². The maximum atomic E-state index is 6.54. The highest BCUT2D eigenvalue weighted by molar-refractivity contribution is 6.33. The topological polar surface area (TPSA) is 33.4 Å². The van der Waals surface area contributed by atoms with E-state index in [-0.39, 0.29) is 0 Å². The van der Waals surface area contributed by atoms with E-state index in [0.29, 0.717) is 16.8 Å². The molecule has 0 N–H and O–H groups in total. The number of imidazole rings is 1. The summed E-state index contributed by atoms with van der Waals surface area (Å²) in [6, 6.07) is 12.1. The summed E-state index contributed by atoms with van der Waals surface area (Å²) in [6.45, 7) is 5.45. The van der Waals surface area contributed by atoms with Crippen molar-refractivity contribution in [1.82, 2.24) is 9.55 Å². The standard InChI is InChI=1S/C22H23Cl3N4/c1-16-3-6-22(29-12-9-26-17(29)2)21(13-16)27-15-18-4-5-19(14-20(18)25)28(10-7-23)11-8-24/h3-6,9,12-15H,7-8,10-11H2,1-2H3. The van der Waals surface area contributed by atoms with Gasteiger partial charge in [-0.2, -0.15) is 0 Å². The van der Waals surface area contributed by atoms with E-state index in [0.717, 1.165) is 47.1 Å². The van der Waals surface area contributed by atoms with Gasteiger partial charge in [0.2, 0.25) is 0 Å². The van der Waals surface area contributed by atoms with Crippen LogP contribution in [0.3, 0.4) is 0 Å². The molecular formula is C22H23Cl3N4. The quantitative estimate of drug-likeness (QED) is 0.304. The minimum atomic E-state index is 0.529. The van der Waals surface area contributed by atoms with Gasteiger partial charge < -0.3 is 9.47 Å². The number of rotatable bonds is 8. The van der Waals surface area contributed by atoms with Gasteiger partial charge in [-0.1, -0.05) is 17.7 Å². The molecule has 0 bridgehead atoms. The van der Waals surface area contributed by atoms with E-state index >= 15 is 0 Å². The van der Waals surface area contributed by atoms with Gasteiger partial charge in [0, 0.05) is 54.7 Å². The molecule has 0 fully saturated rings. The first-order chi connectivity index (χ1) is 14.0. The van der Waals surface area contributed by atoms with Crippen molar-refractivity contribution in [2.24, 2.45) is 4.99 Å². The lowest BCUT2D eigenvalue weighted by Crippen LogP contribution is -2.27. The van der Waals surface area contributed by atoms with Crippen LogP contribution in [0, 0.1) is 13.8 Å². The number of aromatic nitrogens is 2. The fraction of sp³-hybridized carbons (Fsp3) is 0.273. The summed E-state index contributed by atoms with van der Waals surface area (Å²) in [6.07, 6.45) is 5.51. The number of hydrogen-bond acceptors (Lipinski definition) is 3. The average molecular weight is 450 g/mol. The van der Waals surface area contributed by atoms with Crippen LogP contribution in [-0.2, 0) is 0 Å². The first kappa shape index (κ1) is 21.7. The van der Waals surface area contributed by atoms with Crippen molar-refractivity contribution in [3.05, 3.63) is 70.8 Å². The zero-order chi connectivity index (χ0) is 20.8. The van der Waals surface area contributed by atoms with Gasteiger partial charge in [-0.05, 0) is 49.7 Å². The molecule has 0 saturated heterocycles. The molecular weight excluding hydrogens is 427 g/mol. The highest BCUT2D eigenvalue weighted by atomic mass is 35.5. The van der Waals surface area contributed by atoms with Crippen molar-refractivity contribution in [1.29, 1.82) is 0 Å². The molecule has 0 atom stereocenters. The molecule has 1 heterocycles. The number of anilines is 1. The van der Waals surface area contributed by atoms with Gasteiger partial charge >= 0.3 is 0 Å². The Morgan fingerprint density at radius 1 is 1.07 bits per heavy atom. The third-order valence-electron chi connectivity index (χ3n) is 4.62. The SMILES string of the molecule is Cc1ccc(-n2ccnc2C)c(N=Cc2ccc(N(CCCl)CCCl)cc2Cl)c1. The second kappa shape index (κ2) is 10.1. The molecule has 0 aliphatic carbocycles. The zero-order valence-corrected chi connectivity index (χ0v) is 18.7. The van der Waals surface area contributed by atoms with Crippen LogP contribution in [0.2, 0.25) is 5.02 Å². The number of nitrogens with zero attached hydrogens (tertiary/aromatic N) is 4. The molecule has 2 aromatic carbocycles. The minimum absolute atomic E-state index is 0.529. The van der Waals surface area contributed by atoms with Crippen LogP contribution in [0.5, 0.6) is 0 Å². The molecule has 3 aromatic rings. The Hall–Kier alpha value is -2.01. The molecule has 4 nitrogen and oxygen atoms in total. The van der Waals surface area contributed by atoms with Gasteiger partial charge in [0.05, 0.1) is 16.4 Å². The number of aryl methyl sites for hydroxylation is 2. The predicted octanol–water partition coefficient (Wildman–Crippen LogP) is 6.18. The maximum absolute atomic E-state index is 6.54. The van der Waals surface area contributed by atoms with E-state index in [1.165, 1.54) is 0 Å². The first-order valence-corrected chi connectivity index (χ1v) is 10.8. The predicted molar refractivity (Wildman–Crippen MR) is 125 cm³/mol. The number of benzene rings is 2. The molecule has 0 aliphatic heterocycles. The molecule has 0 aliphatic rings. The Kier molecular flexibility index (Phi) is 7.59. The molecule has 0 saturated carbocycles. The Bertz CT molecular complexity index is 991. The lowest BCUT2D eigenvalue weighted by molar-refractivity contribution is 0.874. The highest BCUT2D eigenvalue weighted by Crippen LogP contribution is 2.27. The number of aliphatic imine (C=N–C) groups is 1. The van der Waals surface area contributed by atoms with Crippen LogP contribution in [0.4, 0.5) is 11.4 Å². The van der Waals surface area contributed by atoms with Crippen LogP contribution >= 0.6 is 34.8 Å². The molecule has 0 unspecified atom stereocenters. The van der Waals surface area contributed by atoms with Gasteiger partial charge in [-0.15, -0.1) is 23.2 Å². The lowest BCUT2D eigenvalue weighted by atomic mass is 10.1. The van der Waals surface area contributed by atoms with Crippen LogP contribution in [0.25, 0.3) is 5.69 Å². The summed E-state index contributed by atoms with van der Waals surface area (Å²) < 4.78 is 2.02. The van der Waals surface area contributed by atoms with Crippen molar-refractivity contribution in [3.63, 3.8) is 0 Å². The largest absolute Gasteiger partial charge is 0.369 e. The molecule has 0 amide bonds. The van der Waals surface area contributed by atoms with Crippen molar-refractivity contribution < 1.29 is 0 Å². The van der Waals surface area contributed by atoms with Crippen LogP contribution in [0.15, 0.2) is 53.8 Å². The molecule has 3 rings (SSSR count). The smallest absolute Gasteiger partial charge is 0.110 e. The molecule has 152 valence electrons. The van der Waals surface area contributed by atoms with E-state index in [4.69, 9.17) is 39.8 Å². The van der Waals surface area contributed by atoms with Crippen LogP contribution < -0.4 is 4.90 Å². The van der Waals surface area contributed by atoms with Gasteiger partial charge in [-0.25, -0.2) is 4.98 Å². The fourth-order valence-electron chi connectivity index (χ4n) is 3.10. The molecule has 0 radical (unpaired) electrons. The molecule has 7 heteroatoms. The fourth-order valence-corrected chi connectivity index (χ4v) is 3.74. The Morgan fingerprint density at radius 2 is 1.83 bits per heavy atom. The van der Waals surface area contributed by atoms with Crippen molar-refractivity contribution in [3.8, 4) is 5.69 Å². The first-order valence-electron chi connectivity index (χ1n) is 9.35. The summed E-state index contributed by atoms with van der Waals surface area (Å²) in [5.74, 6) is 1.97. The third-order valence-corrected chi connectivity index (χ3v) is 5.28. The minimum Gasteiger partial charge on any atom is -0.369 e. The van der Waals surface area contributed by atoms with Gasteiger partial charge in [0.15, 0.2) is 0 Å². The third kappa shape index (κ3) is 5.33. The summed E-state index contributed by atoms with van der Waals surface area (Å²) in [7, 11) is 0. The summed E-state index contributed by atoms with van der Waals surface area (Å²) in [5, 5.41) is 0.633. The molecule has 1 aromatic heterocycles. The average Bonchev–Trinajstić information content (AvgIpc) is 3.12. The van der Waals surface area contributed by atoms with Gasteiger partial charge in [0.25, 0.3) is 0 Å². The van der Waals surface area contributed by atoms with Crippen molar-refractivity contribution in [2.45, 2.75) is 13.8 Å².